The Labute approximate surface area is 119 Å². The summed E-state index contributed by atoms with van der Waals surface area (Å²) in [5, 5.41) is 11.1. The molecule has 1 unspecified atom stereocenters. The van der Waals surface area contributed by atoms with Crippen LogP contribution in [0.15, 0.2) is 24.5 Å². The predicted molar refractivity (Wildman–Crippen MR) is 79.7 cm³/mol. The second-order valence-electron chi connectivity index (χ2n) is 5.03. The maximum absolute atomic E-state index is 10.1. The van der Waals surface area contributed by atoms with Gasteiger partial charge in [-0.15, -0.1) is 0 Å². The van der Waals surface area contributed by atoms with Crippen molar-refractivity contribution in [3.63, 3.8) is 0 Å². The number of anilines is 1. The third-order valence-electron chi connectivity index (χ3n) is 3.33. The number of aromatic nitrogens is 2. The third-order valence-corrected chi connectivity index (χ3v) is 4.00. The summed E-state index contributed by atoms with van der Waals surface area (Å²) in [6.07, 6.45) is 2.37. The van der Waals surface area contributed by atoms with Crippen molar-refractivity contribution < 1.29 is 5.11 Å². The van der Waals surface area contributed by atoms with E-state index in [4.69, 9.17) is 0 Å². The second kappa shape index (κ2) is 4.31. The molecule has 94 valence electrons. The highest BCUT2D eigenvalue weighted by molar-refractivity contribution is 14.1. The Hall–Kier alpha value is -0.950. The van der Waals surface area contributed by atoms with Crippen molar-refractivity contribution in [3.05, 3.63) is 28.1 Å². The molecule has 1 fully saturated rings. The molecule has 1 atom stereocenters. The zero-order valence-corrected chi connectivity index (χ0v) is 12.3. The van der Waals surface area contributed by atoms with Crippen LogP contribution in [0.4, 0.5) is 5.82 Å². The molecule has 0 aliphatic carbocycles. The topological polar surface area (TPSA) is 49.2 Å². The van der Waals surface area contributed by atoms with E-state index in [1.165, 1.54) is 3.57 Å². The van der Waals surface area contributed by atoms with Crippen LogP contribution in [0.5, 0.6) is 0 Å². The number of fused-ring (bicyclic) bond motifs is 1. The molecule has 1 aromatic carbocycles. The molecule has 2 heterocycles. The monoisotopic (exact) mass is 355 g/mol. The lowest BCUT2D eigenvalue weighted by molar-refractivity contribution is 0.0839. The van der Waals surface area contributed by atoms with Gasteiger partial charge in [-0.1, -0.05) is 0 Å². The quantitative estimate of drug-likeness (QED) is 0.797. The van der Waals surface area contributed by atoms with Crippen molar-refractivity contribution in [1.29, 1.82) is 0 Å². The molecular weight excluding hydrogens is 341 g/mol. The van der Waals surface area contributed by atoms with E-state index >= 15 is 0 Å². The number of aliphatic hydroxyl groups is 1. The minimum atomic E-state index is -0.612. The summed E-state index contributed by atoms with van der Waals surface area (Å²) in [5.74, 6) is 0.927. The molecule has 1 N–H and O–H groups in total. The fourth-order valence-electron chi connectivity index (χ4n) is 2.39. The molecule has 0 bridgehead atoms. The van der Waals surface area contributed by atoms with Crippen molar-refractivity contribution in [3.8, 4) is 0 Å². The van der Waals surface area contributed by atoms with Gasteiger partial charge in [-0.2, -0.15) is 0 Å². The summed E-state index contributed by atoms with van der Waals surface area (Å²) in [4.78, 5) is 10.8. The van der Waals surface area contributed by atoms with Crippen molar-refractivity contribution in [1.82, 2.24) is 9.97 Å². The normalized spacial score (nSPS) is 23.8. The highest BCUT2D eigenvalue weighted by Crippen LogP contribution is 2.30. The Bertz CT molecular complexity index is 600. The Kier molecular flexibility index (Phi) is 2.90. The van der Waals surface area contributed by atoms with E-state index in [1.807, 2.05) is 19.1 Å². The number of nitrogens with zero attached hydrogens (tertiary/aromatic N) is 3. The van der Waals surface area contributed by atoms with E-state index in [2.05, 4.69) is 43.5 Å². The number of hydrogen-bond donors (Lipinski definition) is 1. The van der Waals surface area contributed by atoms with Crippen LogP contribution in [0.3, 0.4) is 0 Å². The van der Waals surface area contributed by atoms with Gasteiger partial charge in [-0.3, -0.25) is 0 Å². The molecule has 18 heavy (non-hydrogen) atoms. The molecule has 1 aliphatic rings. The van der Waals surface area contributed by atoms with Gasteiger partial charge in [0.2, 0.25) is 0 Å². The van der Waals surface area contributed by atoms with Crippen molar-refractivity contribution in [2.75, 3.05) is 18.0 Å². The Morgan fingerprint density at radius 1 is 1.39 bits per heavy atom. The summed E-state index contributed by atoms with van der Waals surface area (Å²) in [6.45, 7) is 3.34. The molecule has 1 saturated heterocycles. The Balaban J connectivity index is 2.09. The largest absolute Gasteiger partial charge is 0.388 e. The number of benzene rings is 1. The van der Waals surface area contributed by atoms with Crippen LogP contribution < -0.4 is 4.90 Å². The van der Waals surface area contributed by atoms with Crippen LogP contribution in [0.25, 0.3) is 10.9 Å². The smallest absolute Gasteiger partial charge is 0.140 e. The van der Waals surface area contributed by atoms with E-state index in [1.54, 1.807) is 6.33 Å². The maximum Gasteiger partial charge on any atom is 0.140 e. The zero-order valence-electron chi connectivity index (χ0n) is 10.1. The number of β-amino-alcohol motifs (C(OH)–C–C–N with tert-alkyl or cyclic N) is 1. The molecule has 0 radical (unpaired) electrons. The highest BCUT2D eigenvalue weighted by atomic mass is 127. The first kappa shape index (κ1) is 12.1. The predicted octanol–water partition coefficient (Wildman–Crippen LogP) is 2.20. The average Bonchev–Trinajstić information content (AvgIpc) is 2.69. The van der Waals surface area contributed by atoms with Gasteiger partial charge >= 0.3 is 0 Å². The molecule has 3 rings (SSSR count). The summed E-state index contributed by atoms with van der Waals surface area (Å²) in [6, 6.07) is 6.15. The minimum absolute atomic E-state index is 0.612. The summed E-state index contributed by atoms with van der Waals surface area (Å²) >= 11 is 2.29. The van der Waals surface area contributed by atoms with E-state index in [-0.39, 0.29) is 0 Å². The van der Waals surface area contributed by atoms with Gasteiger partial charge in [0, 0.05) is 22.0 Å². The van der Waals surface area contributed by atoms with Gasteiger partial charge < -0.3 is 10.0 Å². The number of hydrogen-bond acceptors (Lipinski definition) is 4. The first-order chi connectivity index (χ1) is 8.55. The number of halogens is 1. The zero-order chi connectivity index (χ0) is 12.8. The fraction of sp³-hybridized carbons (Fsp3) is 0.385. The second-order valence-corrected chi connectivity index (χ2v) is 6.27. The van der Waals surface area contributed by atoms with Crippen LogP contribution in [0.1, 0.15) is 13.3 Å². The Morgan fingerprint density at radius 3 is 2.94 bits per heavy atom. The lowest BCUT2D eigenvalue weighted by Gasteiger charge is -2.20. The SMILES string of the molecule is CC1(O)CCN(c2ncnc3ccc(I)cc23)C1. The standard InChI is InChI=1S/C13H14IN3O/c1-13(18)4-5-17(7-13)12-10-6-9(14)2-3-11(10)15-8-16-12/h2-3,6,8,18H,4-5,7H2,1H3. The molecule has 0 saturated carbocycles. The van der Waals surface area contributed by atoms with E-state index in [0.717, 1.165) is 29.7 Å². The van der Waals surface area contributed by atoms with E-state index in [0.29, 0.717) is 6.54 Å². The molecule has 5 heteroatoms. The van der Waals surface area contributed by atoms with Crippen LogP contribution in [0.2, 0.25) is 0 Å². The maximum atomic E-state index is 10.1. The van der Waals surface area contributed by atoms with Gasteiger partial charge in [-0.25, -0.2) is 9.97 Å². The van der Waals surface area contributed by atoms with Crippen molar-refractivity contribution in [2.24, 2.45) is 0 Å². The lowest BCUT2D eigenvalue weighted by Crippen LogP contribution is -2.30. The first-order valence-corrected chi connectivity index (χ1v) is 7.01. The lowest BCUT2D eigenvalue weighted by atomic mass is 10.1. The minimum Gasteiger partial charge on any atom is -0.388 e. The third kappa shape index (κ3) is 2.16. The average molecular weight is 355 g/mol. The molecular formula is C13H14IN3O. The molecule has 1 aromatic heterocycles. The van der Waals surface area contributed by atoms with Gasteiger partial charge in [0.25, 0.3) is 0 Å². The molecule has 0 spiro atoms. The van der Waals surface area contributed by atoms with Crippen molar-refractivity contribution in [2.45, 2.75) is 18.9 Å². The molecule has 4 nitrogen and oxygen atoms in total. The summed E-state index contributed by atoms with van der Waals surface area (Å²) < 4.78 is 1.17. The van der Waals surface area contributed by atoms with E-state index < -0.39 is 5.60 Å². The molecule has 2 aromatic rings. The van der Waals surface area contributed by atoms with Crippen LogP contribution in [-0.2, 0) is 0 Å². The molecule has 1 aliphatic heterocycles. The van der Waals surface area contributed by atoms with Crippen LogP contribution >= 0.6 is 22.6 Å². The van der Waals surface area contributed by atoms with Gasteiger partial charge in [-0.05, 0) is 54.1 Å². The van der Waals surface area contributed by atoms with Crippen molar-refractivity contribution >= 4 is 39.3 Å². The fourth-order valence-corrected chi connectivity index (χ4v) is 2.88. The van der Waals surface area contributed by atoms with Gasteiger partial charge in [0.15, 0.2) is 0 Å². The first-order valence-electron chi connectivity index (χ1n) is 5.93. The van der Waals surface area contributed by atoms with Gasteiger partial charge in [0.05, 0.1) is 11.1 Å². The highest BCUT2D eigenvalue weighted by Gasteiger charge is 2.32. The summed E-state index contributed by atoms with van der Waals surface area (Å²) in [7, 11) is 0. The summed E-state index contributed by atoms with van der Waals surface area (Å²) in [5.41, 5.74) is 0.339. The van der Waals surface area contributed by atoms with E-state index in [9.17, 15) is 5.11 Å². The van der Waals surface area contributed by atoms with Crippen LogP contribution in [0, 0.1) is 3.57 Å². The van der Waals surface area contributed by atoms with Crippen LogP contribution in [-0.4, -0.2) is 33.8 Å². The molecule has 0 amide bonds. The Morgan fingerprint density at radius 2 is 2.22 bits per heavy atom. The number of rotatable bonds is 1. The van der Waals surface area contributed by atoms with Gasteiger partial charge in [0.1, 0.15) is 12.1 Å².